The summed E-state index contributed by atoms with van der Waals surface area (Å²) in [5.41, 5.74) is 1.29. The molecule has 2 aliphatic rings. The minimum atomic E-state index is -0.480. The lowest BCUT2D eigenvalue weighted by molar-refractivity contribution is -0.133. The van der Waals surface area contributed by atoms with Gasteiger partial charge in [0.25, 0.3) is 5.91 Å². The van der Waals surface area contributed by atoms with Gasteiger partial charge >= 0.3 is 0 Å². The van der Waals surface area contributed by atoms with Crippen molar-refractivity contribution >= 4 is 35.1 Å². The summed E-state index contributed by atoms with van der Waals surface area (Å²) in [7, 11) is 0. The number of nitrogens with zero attached hydrogens (tertiary/aromatic N) is 3. The van der Waals surface area contributed by atoms with E-state index in [2.05, 4.69) is 14.9 Å². The highest BCUT2D eigenvalue weighted by molar-refractivity contribution is 7.71. The second-order valence-corrected chi connectivity index (χ2v) is 7.87. The van der Waals surface area contributed by atoms with Gasteiger partial charge < -0.3 is 19.8 Å². The van der Waals surface area contributed by atoms with Crippen molar-refractivity contribution in [1.82, 2.24) is 24.7 Å². The normalized spacial score (nSPS) is 18.6. The number of hydrogen-bond donors (Lipinski definition) is 2. The first-order valence-corrected chi connectivity index (χ1v) is 10.1. The molecule has 2 N–H and O–H groups in total. The largest absolute Gasteiger partial charge is 0.342 e. The number of aromatic amines is 2. The van der Waals surface area contributed by atoms with Gasteiger partial charge in [-0.2, -0.15) is 0 Å². The second-order valence-electron chi connectivity index (χ2n) is 7.46. The van der Waals surface area contributed by atoms with Crippen molar-refractivity contribution in [1.29, 1.82) is 0 Å². The van der Waals surface area contributed by atoms with E-state index in [0.29, 0.717) is 48.5 Å². The van der Waals surface area contributed by atoms with Crippen LogP contribution >= 0.6 is 12.2 Å². The van der Waals surface area contributed by atoms with E-state index in [4.69, 9.17) is 12.2 Å². The summed E-state index contributed by atoms with van der Waals surface area (Å²) in [4.78, 5) is 36.9. The van der Waals surface area contributed by atoms with Crippen LogP contribution in [0.25, 0.3) is 11.0 Å². The summed E-state index contributed by atoms with van der Waals surface area (Å²) in [6.07, 6.45) is 3.36. The molecule has 9 heteroatoms. The van der Waals surface area contributed by atoms with Gasteiger partial charge in [-0.1, -0.05) is 0 Å². The number of H-pyrrole nitrogens is 2. The number of amides is 2. The van der Waals surface area contributed by atoms with E-state index >= 15 is 0 Å². The van der Waals surface area contributed by atoms with Gasteiger partial charge in [0.15, 0.2) is 4.77 Å². The van der Waals surface area contributed by atoms with Crippen molar-refractivity contribution < 1.29 is 14.0 Å². The highest BCUT2D eigenvalue weighted by Gasteiger charge is 2.26. The highest BCUT2D eigenvalue weighted by atomic mass is 32.1. The number of halogens is 1. The lowest BCUT2D eigenvalue weighted by Gasteiger charge is -2.36. The van der Waals surface area contributed by atoms with Crippen LogP contribution in [0.5, 0.6) is 0 Å². The van der Waals surface area contributed by atoms with Crippen molar-refractivity contribution in [3.8, 4) is 0 Å². The van der Waals surface area contributed by atoms with Crippen LogP contribution in [0.3, 0.4) is 0 Å². The van der Waals surface area contributed by atoms with E-state index < -0.39 is 5.82 Å². The number of rotatable bonds is 3. The van der Waals surface area contributed by atoms with Crippen LogP contribution in [-0.4, -0.2) is 82.3 Å². The first-order valence-electron chi connectivity index (χ1n) is 9.72. The summed E-state index contributed by atoms with van der Waals surface area (Å²) in [6.45, 7) is 4.39. The lowest BCUT2D eigenvalue weighted by Crippen LogP contribution is -2.52. The van der Waals surface area contributed by atoms with Crippen LogP contribution in [0.1, 0.15) is 29.6 Å². The third kappa shape index (κ3) is 3.95. The third-order valence-electron chi connectivity index (χ3n) is 5.55. The average molecular weight is 405 g/mol. The Hall–Kier alpha value is -2.26. The molecule has 0 saturated carbocycles. The summed E-state index contributed by atoms with van der Waals surface area (Å²) in [5.74, 6) is -0.533. The van der Waals surface area contributed by atoms with Crippen LogP contribution in [0.4, 0.5) is 4.39 Å². The number of imidazole rings is 1. The maximum Gasteiger partial charge on any atom is 0.256 e. The minimum Gasteiger partial charge on any atom is -0.342 e. The standard InChI is InChI=1S/C19H24FN5O2S/c20-13-10-14(17-15(11-13)21-19(28)22-17)18(27)25-8-6-23(7-9-25)12-16(26)24-4-2-1-3-5-24/h10-11H,1-9,12H2,(H2,21,22,28). The SMILES string of the molecule is O=C(CN1CCN(C(=O)c2cc(F)cc3[nH]c(=S)[nH]c23)CC1)N1CCCCC1. The minimum absolute atomic E-state index is 0.172. The predicted octanol–water partition coefficient (Wildman–Crippen LogP) is 2.13. The number of carbonyl (C=O) groups is 2. The molecule has 2 aromatic rings. The quantitative estimate of drug-likeness (QED) is 0.768. The molecule has 0 unspecified atom stereocenters. The molecule has 7 nitrogen and oxygen atoms in total. The van der Waals surface area contributed by atoms with Crippen molar-refractivity contribution in [3.05, 3.63) is 28.3 Å². The van der Waals surface area contributed by atoms with Crippen LogP contribution in [0.2, 0.25) is 0 Å². The molecule has 0 atom stereocenters. The fourth-order valence-corrected chi connectivity index (χ4v) is 4.20. The lowest BCUT2D eigenvalue weighted by atomic mass is 10.1. The van der Waals surface area contributed by atoms with Gasteiger partial charge in [-0.3, -0.25) is 14.5 Å². The van der Waals surface area contributed by atoms with E-state index in [1.165, 1.54) is 18.6 Å². The molecule has 2 fully saturated rings. The van der Waals surface area contributed by atoms with Gasteiger partial charge in [0.2, 0.25) is 5.91 Å². The first kappa shape index (κ1) is 19.1. The average Bonchev–Trinajstić information content (AvgIpc) is 3.08. The van der Waals surface area contributed by atoms with Crippen LogP contribution in [-0.2, 0) is 4.79 Å². The zero-order valence-corrected chi connectivity index (χ0v) is 16.5. The monoisotopic (exact) mass is 405 g/mol. The first-order chi connectivity index (χ1) is 13.5. The van der Waals surface area contributed by atoms with Crippen molar-refractivity contribution in [2.75, 3.05) is 45.8 Å². The maximum atomic E-state index is 13.9. The smallest absolute Gasteiger partial charge is 0.256 e. The molecule has 0 spiro atoms. The third-order valence-corrected chi connectivity index (χ3v) is 5.75. The number of hydrogen-bond acceptors (Lipinski definition) is 4. The zero-order chi connectivity index (χ0) is 19.7. The molecule has 0 aliphatic carbocycles. The summed E-state index contributed by atoms with van der Waals surface area (Å²) in [5, 5.41) is 0. The Morgan fingerprint density at radius 2 is 1.68 bits per heavy atom. The molecule has 0 bridgehead atoms. The summed E-state index contributed by atoms with van der Waals surface area (Å²) < 4.78 is 14.3. The van der Waals surface area contributed by atoms with Gasteiger partial charge in [0.1, 0.15) is 5.82 Å². The Labute approximate surface area is 167 Å². The molecule has 150 valence electrons. The molecule has 2 aliphatic heterocycles. The Bertz CT molecular complexity index is 941. The number of piperazine rings is 1. The number of benzene rings is 1. The topological polar surface area (TPSA) is 75.4 Å². The van der Waals surface area contributed by atoms with Crippen molar-refractivity contribution in [3.63, 3.8) is 0 Å². The molecular weight excluding hydrogens is 381 g/mol. The number of nitrogens with one attached hydrogen (secondary N) is 2. The van der Waals surface area contributed by atoms with Crippen LogP contribution in [0.15, 0.2) is 12.1 Å². The number of aromatic nitrogens is 2. The van der Waals surface area contributed by atoms with Crippen molar-refractivity contribution in [2.24, 2.45) is 0 Å². The van der Waals surface area contributed by atoms with Gasteiger partial charge in [0.05, 0.1) is 23.1 Å². The van der Waals surface area contributed by atoms with E-state index in [-0.39, 0.29) is 17.4 Å². The summed E-state index contributed by atoms with van der Waals surface area (Å²) in [6, 6.07) is 2.57. The zero-order valence-electron chi connectivity index (χ0n) is 15.7. The molecule has 4 rings (SSSR count). The molecular formula is C19H24FN5O2S. The number of carbonyl (C=O) groups excluding carboxylic acids is 2. The molecule has 1 aromatic heterocycles. The molecule has 28 heavy (non-hydrogen) atoms. The van der Waals surface area contributed by atoms with Gasteiger partial charge in [-0.05, 0) is 43.6 Å². The van der Waals surface area contributed by atoms with E-state index in [1.807, 2.05) is 4.90 Å². The van der Waals surface area contributed by atoms with Crippen LogP contribution < -0.4 is 0 Å². The van der Waals surface area contributed by atoms with E-state index in [9.17, 15) is 14.0 Å². The van der Waals surface area contributed by atoms with Gasteiger partial charge in [-0.25, -0.2) is 4.39 Å². The molecule has 2 saturated heterocycles. The van der Waals surface area contributed by atoms with Crippen molar-refractivity contribution in [2.45, 2.75) is 19.3 Å². The molecule has 2 amide bonds. The molecule has 0 radical (unpaired) electrons. The number of piperidine rings is 1. The van der Waals surface area contributed by atoms with Gasteiger partial charge in [-0.15, -0.1) is 0 Å². The Morgan fingerprint density at radius 3 is 2.39 bits per heavy atom. The molecule has 1 aromatic carbocycles. The number of fused-ring (bicyclic) bond motifs is 1. The number of likely N-dealkylation sites (tertiary alicyclic amines) is 1. The summed E-state index contributed by atoms with van der Waals surface area (Å²) >= 11 is 5.07. The van der Waals surface area contributed by atoms with Crippen LogP contribution in [0, 0.1) is 10.6 Å². The maximum absolute atomic E-state index is 13.9. The Balaban J connectivity index is 1.39. The van der Waals surface area contributed by atoms with E-state index in [1.54, 1.807) is 4.90 Å². The van der Waals surface area contributed by atoms with E-state index in [0.717, 1.165) is 25.9 Å². The second kappa shape index (κ2) is 8.00. The highest BCUT2D eigenvalue weighted by Crippen LogP contribution is 2.20. The van der Waals surface area contributed by atoms with Gasteiger partial charge in [0, 0.05) is 39.3 Å². The predicted molar refractivity (Wildman–Crippen MR) is 106 cm³/mol. The fraction of sp³-hybridized carbons (Fsp3) is 0.526. The fourth-order valence-electron chi connectivity index (χ4n) is 3.99. The Morgan fingerprint density at radius 1 is 0.964 bits per heavy atom. The molecule has 3 heterocycles. The Kier molecular flexibility index (Phi) is 5.45.